The molecule has 0 saturated heterocycles. The van der Waals surface area contributed by atoms with Crippen LogP contribution in [0, 0.1) is 6.92 Å². The quantitative estimate of drug-likeness (QED) is 0.161. The maximum Gasteiger partial charge on any atom is 0.0541 e. The minimum absolute atomic E-state index is 0.0237. The van der Waals surface area contributed by atoms with Crippen molar-refractivity contribution in [2.24, 2.45) is 0 Å². The summed E-state index contributed by atoms with van der Waals surface area (Å²) < 4.78 is 2.42. The van der Waals surface area contributed by atoms with Crippen LogP contribution in [0.2, 0.25) is 0 Å². The summed E-state index contributed by atoms with van der Waals surface area (Å²) in [5.74, 6) is 0. The van der Waals surface area contributed by atoms with Gasteiger partial charge in [-0.2, -0.15) is 0 Å². The van der Waals surface area contributed by atoms with Crippen molar-refractivity contribution >= 4 is 54.1 Å². The highest BCUT2D eigenvalue weighted by molar-refractivity contribution is 6.25. The lowest BCUT2D eigenvalue weighted by atomic mass is 9.82. The SMILES string of the molecule is CC1(C)c2ccccc2-c2cc(-n3c4ccccc4c4cc(-c5ccccc5)ccc43)ccc21.Cc1ccc2c3ccccc3c3ccccc3c2c1. The van der Waals surface area contributed by atoms with Crippen LogP contribution >= 0.6 is 0 Å². The molecule has 11 rings (SSSR count). The molecule has 0 aliphatic heterocycles. The molecule has 1 aliphatic rings. The first-order chi connectivity index (χ1) is 26.0. The Morgan fingerprint density at radius 3 is 1.66 bits per heavy atom. The van der Waals surface area contributed by atoms with Gasteiger partial charge in [0.15, 0.2) is 0 Å². The number of aryl methyl sites for hydroxylation is 1. The fourth-order valence-electron chi connectivity index (χ4n) is 8.93. The first kappa shape index (κ1) is 31.3. The van der Waals surface area contributed by atoms with Crippen molar-refractivity contribution in [3.63, 3.8) is 0 Å². The first-order valence-electron chi connectivity index (χ1n) is 18.6. The fourth-order valence-corrected chi connectivity index (χ4v) is 8.93. The van der Waals surface area contributed by atoms with Gasteiger partial charge < -0.3 is 4.57 Å². The van der Waals surface area contributed by atoms with Gasteiger partial charge in [0.05, 0.1) is 11.0 Å². The topological polar surface area (TPSA) is 4.93 Å². The van der Waals surface area contributed by atoms with E-state index in [1.165, 1.54) is 98.8 Å². The van der Waals surface area contributed by atoms with E-state index in [0.717, 1.165) is 0 Å². The predicted octanol–water partition coefficient (Wildman–Crippen LogP) is 14.2. The highest BCUT2D eigenvalue weighted by Crippen LogP contribution is 2.49. The summed E-state index contributed by atoms with van der Waals surface area (Å²) in [6.07, 6.45) is 0. The summed E-state index contributed by atoms with van der Waals surface area (Å²) in [6.45, 7) is 6.83. The fraction of sp³-hybridized carbons (Fsp3) is 0.0769. The molecule has 53 heavy (non-hydrogen) atoms. The zero-order valence-corrected chi connectivity index (χ0v) is 30.3. The lowest BCUT2D eigenvalue weighted by molar-refractivity contribution is 0.660. The number of benzene rings is 9. The molecule has 0 spiro atoms. The minimum atomic E-state index is 0.0237. The molecule has 0 fully saturated rings. The Morgan fingerprint density at radius 2 is 0.925 bits per heavy atom. The van der Waals surface area contributed by atoms with E-state index < -0.39 is 0 Å². The standard InChI is InChI=1S/C33H25N.C19H14/c1-33(2)29-14-8-6-12-25(29)27-21-24(17-18-30(27)33)34-31-15-9-7-13-26(31)28-20-23(16-19-32(28)34)22-10-4-3-5-11-22;1-13-10-11-18-16-8-3-2-6-14(16)15-7-4-5-9-17(15)19(18)12-13/h3-21H,1-2H3;2-12H,1H3. The molecule has 0 amide bonds. The molecular weight excluding hydrogens is 639 g/mol. The van der Waals surface area contributed by atoms with Gasteiger partial charge in [0, 0.05) is 21.9 Å². The molecule has 0 saturated carbocycles. The Morgan fingerprint density at radius 1 is 0.358 bits per heavy atom. The van der Waals surface area contributed by atoms with Crippen molar-refractivity contribution in [1.82, 2.24) is 4.57 Å². The number of para-hydroxylation sites is 1. The van der Waals surface area contributed by atoms with Crippen LogP contribution in [-0.2, 0) is 5.41 Å². The lowest BCUT2D eigenvalue weighted by Gasteiger charge is -2.21. The van der Waals surface area contributed by atoms with Crippen LogP contribution in [0.5, 0.6) is 0 Å². The number of nitrogens with zero attached hydrogens (tertiary/aromatic N) is 1. The van der Waals surface area contributed by atoms with E-state index in [1.54, 1.807) is 0 Å². The Labute approximate surface area is 310 Å². The maximum atomic E-state index is 2.42. The summed E-state index contributed by atoms with van der Waals surface area (Å²) in [6, 6.07) is 66.3. The molecule has 0 N–H and O–H groups in total. The van der Waals surface area contributed by atoms with Gasteiger partial charge in [-0.3, -0.25) is 0 Å². The summed E-state index contributed by atoms with van der Waals surface area (Å²) in [5.41, 5.74) is 13.1. The molecule has 0 atom stereocenters. The van der Waals surface area contributed by atoms with E-state index in [2.05, 4.69) is 207 Å². The number of rotatable bonds is 2. The zero-order valence-electron chi connectivity index (χ0n) is 30.3. The average Bonchev–Trinajstić information content (AvgIpc) is 3.66. The highest BCUT2D eigenvalue weighted by Gasteiger charge is 2.35. The lowest BCUT2D eigenvalue weighted by Crippen LogP contribution is -2.14. The maximum absolute atomic E-state index is 2.42. The molecule has 1 nitrogen and oxygen atoms in total. The van der Waals surface area contributed by atoms with Gasteiger partial charge in [-0.1, -0.05) is 171 Å². The highest BCUT2D eigenvalue weighted by atomic mass is 15.0. The molecule has 1 aliphatic carbocycles. The Kier molecular flexibility index (Phi) is 7.13. The molecule has 9 aromatic carbocycles. The van der Waals surface area contributed by atoms with Crippen LogP contribution in [0.25, 0.3) is 82.1 Å². The second kappa shape index (κ2) is 12.1. The normalized spacial score (nSPS) is 13.0. The third-order valence-electron chi connectivity index (χ3n) is 11.5. The molecule has 10 aromatic rings. The molecule has 252 valence electrons. The van der Waals surface area contributed by atoms with Crippen molar-refractivity contribution in [1.29, 1.82) is 0 Å². The minimum Gasteiger partial charge on any atom is -0.309 e. The number of hydrogen-bond donors (Lipinski definition) is 0. The van der Waals surface area contributed by atoms with Crippen LogP contribution < -0.4 is 0 Å². The molecule has 1 heterocycles. The Bertz CT molecular complexity index is 3000. The van der Waals surface area contributed by atoms with Gasteiger partial charge >= 0.3 is 0 Å². The number of aromatic nitrogens is 1. The first-order valence-corrected chi connectivity index (χ1v) is 18.6. The average molecular weight is 678 g/mol. The van der Waals surface area contributed by atoms with Crippen LogP contribution in [0.4, 0.5) is 0 Å². The molecule has 0 unspecified atom stereocenters. The van der Waals surface area contributed by atoms with E-state index in [4.69, 9.17) is 0 Å². The van der Waals surface area contributed by atoms with E-state index in [9.17, 15) is 0 Å². The van der Waals surface area contributed by atoms with E-state index in [0.29, 0.717) is 0 Å². The van der Waals surface area contributed by atoms with Crippen LogP contribution in [0.3, 0.4) is 0 Å². The van der Waals surface area contributed by atoms with Crippen molar-refractivity contribution in [2.45, 2.75) is 26.2 Å². The van der Waals surface area contributed by atoms with Gasteiger partial charge in [0.2, 0.25) is 0 Å². The largest absolute Gasteiger partial charge is 0.309 e. The summed E-state index contributed by atoms with van der Waals surface area (Å²) >= 11 is 0. The van der Waals surface area contributed by atoms with E-state index >= 15 is 0 Å². The Balaban J connectivity index is 0.000000155. The van der Waals surface area contributed by atoms with Gasteiger partial charge in [-0.25, -0.2) is 0 Å². The summed E-state index contributed by atoms with van der Waals surface area (Å²) in [4.78, 5) is 0. The van der Waals surface area contributed by atoms with Crippen LogP contribution in [-0.4, -0.2) is 4.57 Å². The Hall–Kier alpha value is -6.44. The van der Waals surface area contributed by atoms with Gasteiger partial charge in [0.1, 0.15) is 0 Å². The number of fused-ring (bicyclic) bond motifs is 12. The van der Waals surface area contributed by atoms with Crippen LogP contribution in [0.15, 0.2) is 182 Å². The summed E-state index contributed by atoms with van der Waals surface area (Å²) in [5, 5.41) is 10.7. The molecule has 0 bridgehead atoms. The second-order valence-electron chi connectivity index (χ2n) is 15.0. The number of hydrogen-bond acceptors (Lipinski definition) is 0. The van der Waals surface area contributed by atoms with Crippen molar-refractivity contribution in [3.8, 4) is 27.9 Å². The van der Waals surface area contributed by atoms with E-state index in [-0.39, 0.29) is 5.41 Å². The monoisotopic (exact) mass is 677 g/mol. The molecule has 0 radical (unpaired) electrons. The van der Waals surface area contributed by atoms with E-state index in [1.807, 2.05) is 0 Å². The van der Waals surface area contributed by atoms with Crippen molar-refractivity contribution < 1.29 is 0 Å². The third-order valence-corrected chi connectivity index (χ3v) is 11.5. The predicted molar refractivity (Wildman–Crippen MR) is 227 cm³/mol. The molecule has 1 aromatic heterocycles. The van der Waals surface area contributed by atoms with Crippen LogP contribution in [0.1, 0.15) is 30.5 Å². The smallest absolute Gasteiger partial charge is 0.0541 e. The van der Waals surface area contributed by atoms with Crippen molar-refractivity contribution in [3.05, 3.63) is 199 Å². The second-order valence-corrected chi connectivity index (χ2v) is 15.0. The molecule has 1 heteroatoms. The van der Waals surface area contributed by atoms with Gasteiger partial charge in [-0.05, 0) is 103 Å². The molecular formula is C52H39N. The summed E-state index contributed by atoms with van der Waals surface area (Å²) in [7, 11) is 0. The van der Waals surface area contributed by atoms with Gasteiger partial charge in [0.25, 0.3) is 0 Å². The van der Waals surface area contributed by atoms with Crippen molar-refractivity contribution in [2.75, 3.05) is 0 Å². The van der Waals surface area contributed by atoms with Gasteiger partial charge in [-0.15, -0.1) is 0 Å². The third kappa shape index (κ3) is 4.92. The zero-order chi connectivity index (χ0) is 35.7.